The van der Waals surface area contributed by atoms with Gasteiger partial charge in [0.15, 0.2) is 6.10 Å². The highest BCUT2D eigenvalue weighted by molar-refractivity contribution is 5.91. The second kappa shape index (κ2) is 9.15. The van der Waals surface area contributed by atoms with Gasteiger partial charge in [-0.2, -0.15) is 13.2 Å². The number of aromatic hydroxyl groups is 1. The number of ether oxygens (including phenoxy) is 1. The molecule has 2 N–H and O–H groups in total. The molecule has 0 aromatic heterocycles. The molecule has 33 heavy (non-hydrogen) atoms. The number of cyclic esters (lactones) is 1. The van der Waals surface area contributed by atoms with Crippen LogP contribution in [-0.4, -0.2) is 28.5 Å². The van der Waals surface area contributed by atoms with Crippen LogP contribution in [-0.2, 0) is 17.3 Å². The SMILES string of the molecule is O=C1O[C@@H](c2ccc(O)cc2)[C@@H]([C@H](O)CCc2ccccc2)N1c1ccc(C(F)(F)F)cc1. The lowest BCUT2D eigenvalue weighted by molar-refractivity contribution is -0.137. The smallest absolute Gasteiger partial charge is 0.416 e. The zero-order valence-corrected chi connectivity index (χ0v) is 17.4. The molecule has 0 radical (unpaired) electrons. The molecule has 3 aromatic rings. The van der Waals surface area contributed by atoms with E-state index in [1.54, 1.807) is 12.1 Å². The lowest BCUT2D eigenvalue weighted by atomic mass is 9.93. The Hall–Kier alpha value is -3.52. The Morgan fingerprint density at radius 3 is 2.18 bits per heavy atom. The minimum atomic E-state index is -4.51. The first-order valence-electron chi connectivity index (χ1n) is 10.4. The van der Waals surface area contributed by atoms with Gasteiger partial charge in [0.1, 0.15) is 11.8 Å². The van der Waals surface area contributed by atoms with Gasteiger partial charge in [0.25, 0.3) is 0 Å². The summed E-state index contributed by atoms with van der Waals surface area (Å²) >= 11 is 0. The number of carbonyl (C=O) groups excluding carboxylic acids is 1. The Morgan fingerprint density at radius 2 is 1.58 bits per heavy atom. The number of aryl methyl sites for hydroxylation is 1. The van der Waals surface area contributed by atoms with E-state index in [0.29, 0.717) is 18.4 Å². The van der Waals surface area contributed by atoms with E-state index < -0.39 is 36.1 Å². The maximum absolute atomic E-state index is 13.0. The fraction of sp³-hybridized carbons (Fsp3) is 0.240. The third-order valence-electron chi connectivity index (χ3n) is 5.69. The first-order chi connectivity index (χ1) is 15.7. The number of amides is 1. The molecule has 1 saturated heterocycles. The number of phenols is 1. The first kappa shape index (κ1) is 22.7. The normalized spacial score (nSPS) is 19.4. The minimum Gasteiger partial charge on any atom is -0.508 e. The molecule has 172 valence electrons. The maximum Gasteiger partial charge on any atom is 0.416 e. The van der Waals surface area contributed by atoms with Crippen LogP contribution in [0.1, 0.15) is 29.2 Å². The average molecular weight is 457 g/mol. The van der Waals surface area contributed by atoms with Crippen molar-refractivity contribution in [2.24, 2.45) is 0 Å². The number of aliphatic hydroxyl groups is 1. The number of hydrogen-bond acceptors (Lipinski definition) is 4. The summed E-state index contributed by atoms with van der Waals surface area (Å²) in [5.74, 6) is 0.0313. The number of phenolic OH excluding ortho intramolecular Hbond substituents is 1. The van der Waals surface area contributed by atoms with Crippen LogP contribution in [0.5, 0.6) is 5.75 Å². The fourth-order valence-electron chi connectivity index (χ4n) is 4.01. The molecule has 5 nitrogen and oxygen atoms in total. The van der Waals surface area contributed by atoms with E-state index in [1.165, 1.54) is 29.2 Å². The van der Waals surface area contributed by atoms with E-state index in [1.807, 2.05) is 30.3 Å². The molecule has 8 heteroatoms. The van der Waals surface area contributed by atoms with Crippen LogP contribution in [0.25, 0.3) is 0 Å². The molecule has 1 aliphatic rings. The molecular weight excluding hydrogens is 435 g/mol. The molecule has 1 aliphatic heterocycles. The van der Waals surface area contributed by atoms with Crippen molar-refractivity contribution in [3.8, 4) is 5.75 Å². The van der Waals surface area contributed by atoms with Gasteiger partial charge in [-0.05, 0) is 60.4 Å². The Balaban J connectivity index is 1.65. The third kappa shape index (κ3) is 4.96. The molecule has 1 heterocycles. The van der Waals surface area contributed by atoms with E-state index in [9.17, 15) is 28.2 Å². The summed E-state index contributed by atoms with van der Waals surface area (Å²) in [4.78, 5) is 14.0. The third-order valence-corrected chi connectivity index (χ3v) is 5.69. The minimum absolute atomic E-state index is 0.0313. The van der Waals surface area contributed by atoms with Crippen LogP contribution in [0.15, 0.2) is 78.9 Å². The van der Waals surface area contributed by atoms with Crippen molar-refractivity contribution < 1.29 is 32.9 Å². The molecule has 4 rings (SSSR count). The van der Waals surface area contributed by atoms with E-state index in [2.05, 4.69) is 0 Å². The molecule has 0 saturated carbocycles. The van der Waals surface area contributed by atoms with Gasteiger partial charge in [0.2, 0.25) is 0 Å². The number of nitrogens with zero attached hydrogens (tertiary/aromatic N) is 1. The molecular formula is C25H22F3NO4. The predicted octanol–water partition coefficient (Wildman–Crippen LogP) is 5.47. The standard InChI is InChI=1S/C25H22F3NO4/c26-25(27,28)18-9-11-19(12-10-18)29-22(21(31)15-6-16-4-2-1-3-5-16)23(33-24(29)32)17-7-13-20(30)14-8-17/h1-5,7-14,21-23,30-31H,6,15H2/t21-,22-,23+/m1/s1. The lowest BCUT2D eigenvalue weighted by Gasteiger charge is -2.29. The van der Waals surface area contributed by atoms with Gasteiger partial charge in [-0.3, -0.25) is 4.90 Å². The van der Waals surface area contributed by atoms with Gasteiger partial charge < -0.3 is 14.9 Å². The van der Waals surface area contributed by atoms with Crippen molar-refractivity contribution in [2.75, 3.05) is 4.90 Å². The molecule has 0 spiro atoms. The number of halogens is 3. The zero-order valence-electron chi connectivity index (χ0n) is 17.4. The van der Waals surface area contributed by atoms with Crippen LogP contribution in [0.2, 0.25) is 0 Å². The molecule has 1 amide bonds. The number of anilines is 1. The van der Waals surface area contributed by atoms with Gasteiger partial charge in [-0.15, -0.1) is 0 Å². The van der Waals surface area contributed by atoms with Crippen LogP contribution in [0.3, 0.4) is 0 Å². The van der Waals surface area contributed by atoms with Crippen molar-refractivity contribution in [3.63, 3.8) is 0 Å². The lowest BCUT2D eigenvalue weighted by Crippen LogP contribution is -2.43. The van der Waals surface area contributed by atoms with Gasteiger partial charge in [0, 0.05) is 5.69 Å². The molecule has 1 fully saturated rings. The van der Waals surface area contributed by atoms with E-state index in [-0.39, 0.29) is 11.4 Å². The van der Waals surface area contributed by atoms with Crippen LogP contribution in [0, 0.1) is 0 Å². The first-order valence-corrected chi connectivity index (χ1v) is 10.4. The summed E-state index contributed by atoms with van der Waals surface area (Å²) in [5, 5.41) is 20.7. The molecule has 0 bridgehead atoms. The number of carbonyl (C=O) groups is 1. The zero-order chi connectivity index (χ0) is 23.6. The van der Waals surface area contributed by atoms with Crippen molar-refractivity contribution >= 4 is 11.8 Å². The van der Waals surface area contributed by atoms with Crippen molar-refractivity contribution in [1.29, 1.82) is 0 Å². The van der Waals surface area contributed by atoms with Crippen molar-refractivity contribution in [1.82, 2.24) is 0 Å². The summed E-state index contributed by atoms with van der Waals surface area (Å²) < 4.78 is 44.5. The Bertz CT molecular complexity index is 1090. The highest BCUT2D eigenvalue weighted by Gasteiger charge is 2.47. The largest absolute Gasteiger partial charge is 0.508 e. The summed E-state index contributed by atoms with van der Waals surface area (Å²) in [7, 11) is 0. The molecule has 0 aliphatic carbocycles. The highest BCUT2D eigenvalue weighted by Crippen LogP contribution is 2.40. The van der Waals surface area contributed by atoms with Crippen LogP contribution < -0.4 is 4.90 Å². The van der Waals surface area contributed by atoms with Gasteiger partial charge in [0.05, 0.1) is 11.7 Å². The van der Waals surface area contributed by atoms with Gasteiger partial charge >= 0.3 is 12.3 Å². The quantitative estimate of drug-likeness (QED) is 0.515. The Labute approximate surface area is 188 Å². The molecule has 3 atom stereocenters. The predicted molar refractivity (Wildman–Crippen MR) is 116 cm³/mol. The maximum atomic E-state index is 13.0. The number of alkyl halides is 3. The number of hydrogen-bond donors (Lipinski definition) is 2. The molecule has 0 unspecified atom stereocenters. The Kier molecular flexibility index (Phi) is 6.29. The van der Waals surface area contributed by atoms with Crippen LogP contribution in [0.4, 0.5) is 23.7 Å². The van der Waals surface area contributed by atoms with E-state index in [4.69, 9.17) is 4.74 Å². The summed E-state index contributed by atoms with van der Waals surface area (Å²) in [5.41, 5.74) is 0.913. The van der Waals surface area contributed by atoms with Crippen molar-refractivity contribution in [3.05, 3.63) is 95.6 Å². The summed E-state index contributed by atoms with van der Waals surface area (Å²) in [6, 6.07) is 18.9. The second-order valence-electron chi connectivity index (χ2n) is 7.89. The topological polar surface area (TPSA) is 70.0 Å². The summed E-state index contributed by atoms with van der Waals surface area (Å²) in [6.45, 7) is 0. The number of aliphatic hydroxyl groups excluding tert-OH is 1. The number of benzene rings is 3. The fourth-order valence-corrected chi connectivity index (χ4v) is 4.01. The Morgan fingerprint density at radius 1 is 0.939 bits per heavy atom. The van der Waals surface area contributed by atoms with Crippen LogP contribution >= 0.6 is 0 Å². The second-order valence-corrected chi connectivity index (χ2v) is 7.89. The number of rotatable bonds is 6. The average Bonchev–Trinajstić information content (AvgIpc) is 3.15. The highest BCUT2D eigenvalue weighted by atomic mass is 19.4. The van der Waals surface area contributed by atoms with E-state index in [0.717, 1.165) is 17.7 Å². The van der Waals surface area contributed by atoms with Gasteiger partial charge in [-0.1, -0.05) is 42.5 Å². The summed E-state index contributed by atoms with van der Waals surface area (Å²) in [6.07, 6.45) is -6.33. The monoisotopic (exact) mass is 457 g/mol. The molecule has 3 aromatic carbocycles. The van der Waals surface area contributed by atoms with Gasteiger partial charge in [-0.25, -0.2) is 4.79 Å². The van der Waals surface area contributed by atoms with E-state index >= 15 is 0 Å². The van der Waals surface area contributed by atoms with Crippen molar-refractivity contribution in [2.45, 2.75) is 37.3 Å².